The molecule has 0 saturated heterocycles. The Hall–Kier alpha value is -0.390. The molecule has 1 atom stereocenters. The average molecular weight is 269 g/mol. The van der Waals surface area contributed by atoms with E-state index in [1.807, 2.05) is 5.32 Å². The summed E-state index contributed by atoms with van der Waals surface area (Å²) in [5.41, 5.74) is 0. The van der Waals surface area contributed by atoms with E-state index in [4.69, 9.17) is 0 Å². The van der Waals surface area contributed by atoms with Gasteiger partial charge in [0.15, 0.2) is 0 Å². The lowest BCUT2D eigenvalue weighted by atomic mass is 10.1. The molecule has 0 spiro atoms. The Bertz CT molecular complexity index is 252. The molecule has 1 saturated carbocycles. The molecule has 0 aromatic heterocycles. The minimum absolute atomic E-state index is 0.405. The second-order valence-electron chi connectivity index (χ2n) is 4.46. The van der Waals surface area contributed by atoms with Crippen LogP contribution in [0, 0.1) is 5.92 Å². The summed E-state index contributed by atoms with van der Waals surface area (Å²) in [5, 5.41) is 1.51. The van der Waals surface area contributed by atoms with Crippen LogP contribution in [-0.2, 0) is 4.79 Å². The van der Waals surface area contributed by atoms with Crippen LogP contribution in [0.1, 0.15) is 32.6 Å². The van der Waals surface area contributed by atoms with Gasteiger partial charge in [-0.2, -0.15) is 13.2 Å². The highest BCUT2D eigenvalue weighted by Crippen LogP contribution is 2.29. The number of nitrogens with one attached hydrogen (secondary N) is 1. The molecule has 6 heteroatoms. The summed E-state index contributed by atoms with van der Waals surface area (Å²) < 4.78 is 35.7. The summed E-state index contributed by atoms with van der Waals surface area (Å²) in [6.07, 6.45) is 0.513. The second kappa shape index (κ2) is 6.52. The van der Waals surface area contributed by atoms with Gasteiger partial charge in [0.25, 0.3) is 0 Å². The highest BCUT2D eigenvalue weighted by atomic mass is 32.2. The molecule has 0 bridgehead atoms. The maximum atomic E-state index is 11.9. The van der Waals surface area contributed by atoms with Crippen LogP contribution in [0.3, 0.4) is 0 Å². The zero-order chi connectivity index (χ0) is 12.9. The third kappa shape index (κ3) is 6.19. The van der Waals surface area contributed by atoms with E-state index in [-0.39, 0.29) is 0 Å². The number of hydrogen-bond acceptors (Lipinski definition) is 2. The zero-order valence-electron chi connectivity index (χ0n) is 9.85. The van der Waals surface area contributed by atoms with Crippen LogP contribution in [0.2, 0.25) is 0 Å². The molecule has 2 nitrogen and oxygen atoms in total. The number of alkyl halides is 3. The van der Waals surface area contributed by atoms with Gasteiger partial charge in [-0.3, -0.25) is 4.79 Å². The van der Waals surface area contributed by atoms with E-state index in [0.717, 1.165) is 5.75 Å². The van der Waals surface area contributed by atoms with E-state index in [1.54, 1.807) is 6.92 Å². The summed E-state index contributed by atoms with van der Waals surface area (Å²) in [6, 6.07) is 0. The van der Waals surface area contributed by atoms with Crippen LogP contribution in [0.25, 0.3) is 0 Å². The molecule has 0 aliphatic heterocycles. The number of carbonyl (C=O) groups excluding carboxylic acids is 1. The standard InChI is InChI=1S/C11H18F3NOS/c1-8(10(16)15-7-11(12,13)14)17-6-9-4-2-3-5-9/h8-9H,2-7H2,1H3,(H,15,16). The largest absolute Gasteiger partial charge is 0.405 e. The lowest BCUT2D eigenvalue weighted by Crippen LogP contribution is -2.38. The van der Waals surface area contributed by atoms with Crippen LogP contribution in [0.15, 0.2) is 0 Å². The smallest absolute Gasteiger partial charge is 0.346 e. The van der Waals surface area contributed by atoms with E-state index in [2.05, 4.69) is 0 Å². The molecular formula is C11H18F3NOS. The number of hydrogen-bond donors (Lipinski definition) is 1. The molecule has 1 aliphatic carbocycles. The number of thioether (sulfide) groups is 1. The average Bonchev–Trinajstić information content (AvgIpc) is 2.74. The summed E-state index contributed by atoms with van der Waals surface area (Å²) in [5.74, 6) is 0.990. The Morgan fingerprint density at radius 1 is 1.41 bits per heavy atom. The van der Waals surface area contributed by atoms with E-state index in [1.165, 1.54) is 37.4 Å². The van der Waals surface area contributed by atoms with Gasteiger partial charge in [0.1, 0.15) is 6.54 Å². The molecular weight excluding hydrogens is 251 g/mol. The molecule has 1 amide bonds. The zero-order valence-corrected chi connectivity index (χ0v) is 10.7. The van der Waals surface area contributed by atoms with Crippen molar-refractivity contribution in [2.45, 2.75) is 44.0 Å². The molecule has 0 aromatic carbocycles. The van der Waals surface area contributed by atoms with Gasteiger partial charge >= 0.3 is 6.18 Å². The number of amides is 1. The fourth-order valence-corrected chi connectivity index (χ4v) is 2.99. The van der Waals surface area contributed by atoms with Gasteiger partial charge in [0.2, 0.25) is 5.91 Å². The lowest BCUT2D eigenvalue weighted by molar-refractivity contribution is -0.137. The minimum atomic E-state index is -4.33. The van der Waals surface area contributed by atoms with Gasteiger partial charge < -0.3 is 5.32 Å². The predicted molar refractivity (Wildman–Crippen MR) is 62.9 cm³/mol. The van der Waals surface area contributed by atoms with Crippen molar-refractivity contribution in [2.75, 3.05) is 12.3 Å². The first-order chi connectivity index (χ1) is 7.88. The minimum Gasteiger partial charge on any atom is -0.346 e. The first-order valence-electron chi connectivity index (χ1n) is 5.84. The third-order valence-corrected chi connectivity index (χ3v) is 4.27. The third-order valence-electron chi connectivity index (χ3n) is 2.89. The Morgan fingerprint density at radius 2 is 2.00 bits per heavy atom. The lowest BCUT2D eigenvalue weighted by Gasteiger charge is -2.15. The number of rotatable bonds is 5. The molecule has 100 valence electrons. The summed E-state index contributed by atoms with van der Waals surface area (Å²) >= 11 is 1.45. The van der Waals surface area contributed by atoms with Gasteiger partial charge in [0.05, 0.1) is 5.25 Å². The second-order valence-corrected chi connectivity index (χ2v) is 5.83. The Labute approximate surface area is 104 Å². The highest BCUT2D eigenvalue weighted by molar-refractivity contribution is 8.00. The molecule has 1 unspecified atom stereocenters. The van der Waals surface area contributed by atoms with Gasteiger partial charge in [-0.1, -0.05) is 12.8 Å². The molecule has 0 heterocycles. The maximum Gasteiger partial charge on any atom is 0.405 e. The van der Waals surface area contributed by atoms with Crippen molar-refractivity contribution in [3.05, 3.63) is 0 Å². The van der Waals surface area contributed by atoms with Gasteiger partial charge in [-0.15, -0.1) is 11.8 Å². The first-order valence-corrected chi connectivity index (χ1v) is 6.89. The molecule has 0 radical (unpaired) electrons. The maximum absolute atomic E-state index is 11.9. The van der Waals surface area contributed by atoms with E-state index in [0.29, 0.717) is 5.92 Å². The molecule has 1 fully saturated rings. The Kier molecular flexibility index (Phi) is 5.62. The molecule has 17 heavy (non-hydrogen) atoms. The van der Waals surface area contributed by atoms with Crippen molar-refractivity contribution in [3.63, 3.8) is 0 Å². The topological polar surface area (TPSA) is 29.1 Å². The van der Waals surface area contributed by atoms with Gasteiger partial charge in [-0.05, 0) is 31.4 Å². The van der Waals surface area contributed by atoms with Gasteiger partial charge in [0, 0.05) is 0 Å². The van der Waals surface area contributed by atoms with Crippen LogP contribution in [0.4, 0.5) is 13.2 Å². The van der Waals surface area contributed by atoms with Crippen LogP contribution in [0.5, 0.6) is 0 Å². The summed E-state index contributed by atoms with van der Waals surface area (Å²) in [6.45, 7) is 0.422. The van der Waals surface area contributed by atoms with Crippen molar-refractivity contribution < 1.29 is 18.0 Å². The highest BCUT2D eigenvalue weighted by Gasteiger charge is 2.29. The van der Waals surface area contributed by atoms with Crippen molar-refractivity contribution in [1.29, 1.82) is 0 Å². The summed E-state index contributed by atoms with van der Waals surface area (Å²) in [4.78, 5) is 11.4. The number of carbonyl (C=O) groups is 1. The monoisotopic (exact) mass is 269 g/mol. The quantitative estimate of drug-likeness (QED) is 0.831. The fourth-order valence-electron chi connectivity index (χ4n) is 1.86. The molecule has 1 rings (SSSR count). The SMILES string of the molecule is CC(SCC1CCCC1)C(=O)NCC(F)(F)F. The van der Waals surface area contributed by atoms with Crippen molar-refractivity contribution in [3.8, 4) is 0 Å². The number of halogens is 3. The van der Waals surface area contributed by atoms with E-state index < -0.39 is 23.9 Å². The Morgan fingerprint density at radius 3 is 2.53 bits per heavy atom. The Balaban J connectivity index is 2.17. The van der Waals surface area contributed by atoms with E-state index >= 15 is 0 Å². The van der Waals surface area contributed by atoms with Crippen LogP contribution < -0.4 is 5.32 Å². The van der Waals surface area contributed by atoms with Crippen molar-refractivity contribution >= 4 is 17.7 Å². The molecule has 0 aromatic rings. The molecule has 1 aliphatic rings. The van der Waals surface area contributed by atoms with E-state index in [9.17, 15) is 18.0 Å². The first kappa shape index (κ1) is 14.7. The predicted octanol–water partition coefficient (Wildman–Crippen LogP) is 2.98. The molecule has 1 N–H and O–H groups in total. The van der Waals surface area contributed by atoms with Crippen LogP contribution >= 0.6 is 11.8 Å². The normalized spacial score (nSPS) is 19.3. The fraction of sp³-hybridized carbons (Fsp3) is 0.909. The van der Waals surface area contributed by atoms with Crippen molar-refractivity contribution in [2.24, 2.45) is 5.92 Å². The van der Waals surface area contributed by atoms with Crippen molar-refractivity contribution in [1.82, 2.24) is 5.32 Å². The van der Waals surface area contributed by atoms with Crippen LogP contribution in [-0.4, -0.2) is 29.6 Å². The van der Waals surface area contributed by atoms with Gasteiger partial charge in [-0.25, -0.2) is 0 Å². The summed E-state index contributed by atoms with van der Waals surface area (Å²) in [7, 11) is 0.